The average Bonchev–Trinajstić information content (AvgIpc) is 2.77. The van der Waals surface area contributed by atoms with E-state index in [4.69, 9.17) is 21.1 Å². The number of benzene rings is 2. The van der Waals surface area contributed by atoms with Gasteiger partial charge in [0.15, 0.2) is 18.1 Å². The maximum absolute atomic E-state index is 12.7. The van der Waals surface area contributed by atoms with Gasteiger partial charge in [-0.25, -0.2) is 8.42 Å². The van der Waals surface area contributed by atoms with Gasteiger partial charge in [0.1, 0.15) is 6.29 Å². The van der Waals surface area contributed by atoms with E-state index in [1.54, 1.807) is 17.0 Å². The number of halogens is 1. The number of carbonyl (C=O) groups is 2. The minimum atomic E-state index is -3.64. The highest BCUT2D eigenvalue weighted by atomic mass is 35.5. The second-order valence-electron chi connectivity index (χ2n) is 6.56. The third-order valence-electron chi connectivity index (χ3n) is 4.72. The molecule has 0 spiro atoms. The van der Waals surface area contributed by atoms with Crippen molar-refractivity contribution >= 4 is 33.8 Å². The first kappa shape index (κ1) is 22.1. The lowest BCUT2D eigenvalue weighted by molar-refractivity contribution is -0.134. The lowest BCUT2D eigenvalue weighted by atomic mass is 10.2. The van der Waals surface area contributed by atoms with Gasteiger partial charge in [0.2, 0.25) is 10.0 Å². The van der Waals surface area contributed by atoms with Crippen LogP contribution in [0.25, 0.3) is 0 Å². The first-order valence-corrected chi connectivity index (χ1v) is 11.0. The van der Waals surface area contributed by atoms with Crippen LogP contribution in [0.4, 0.5) is 0 Å². The van der Waals surface area contributed by atoms with Gasteiger partial charge in [0.25, 0.3) is 5.91 Å². The van der Waals surface area contributed by atoms with Gasteiger partial charge in [-0.15, -0.1) is 0 Å². The lowest BCUT2D eigenvalue weighted by Gasteiger charge is -2.34. The Labute approximate surface area is 180 Å². The largest absolute Gasteiger partial charge is 0.493 e. The maximum atomic E-state index is 12.7. The summed E-state index contributed by atoms with van der Waals surface area (Å²) in [7, 11) is -2.18. The molecule has 0 aromatic heterocycles. The number of rotatable bonds is 7. The zero-order valence-corrected chi connectivity index (χ0v) is 17.9. The second kappa shape index (κ2) is 9.46. The van der Waals surface area contributed by atoms with Crippen LogP contribution in [0.15, 0.2) is 47.4 Å². The lowest BCUT2D eigenvalue weighted by Crippen LogP contribution is -2.51. The fourth-order valence-electron chi connectivity index (χ4n) is 3.04. The van der Waals surface area contributed by atoms with Crippen molar-refractivity contribution in [2.45, 2.75) is 4.90 Å². The van der Waals surface area contributed by atoms with E-state index in [9.17, 15) is 18.0 Å². The van der Waals surface area contributed by atoms with E-state index in [0.29, 0.717) is 28.4 Å². The molecule has 0 radical (unpaired) electrons. The van der Waals surface area contributed by atoms with Crippen molar-refractivity contribution in [3.63, 3.8) is 0 Å². The zero-order chi connectivity index (χ0) is 21.7. The van der Waals surface area contributed by atoms with Gasteiger partial charge in [-0.3, -0.25) is 9.59 Å². The minimum absolute atomic E-state index is 0.164. The molecule has 0 saturated carbocycles. The molecule has 1 saturated heterocycles. The summed E-state index contributed by atoms with van der Waals surface area (Å²) in [5, 5.41) is 0.458. The van der Waals surface area contributed by atoms with Crippen LogP contribution in [-0.4, -0.2) is 69.7 Å². The quantitative estimate of drug-likeness (QED) is 0.597. The summed E-state index contributed by atoms with van der Waals surface area (Å²) in [5.41, 5.74) is 0.402. The standard InChI is InChI=1S/C20H21ClN2O6S/c1-28-18-7-2-15(13-24)12-19(18)29-14-20(25)22-8-10-23(11-9-22)30(26,27)17-5-3-16(21)4-6-17/h2-7,12-13H,8-11,14H2,1H3. The van der Waals surface area contributed by atoms with Crippen molar-refractivity contribution in [2.24, 2.45) is 0 Å². The number of hydrogen-bond acceptors (Lipinski definition) is 6. The van der Waals surface area contributed by atoms with Crippen molar-refractivity contribution in [3.05, 3.63) is 53.1 Å². The van der Waals surface area contributed by atoms with E-state index in [-0.39, 0.29) is 43.6 Å². The van der Waals surface area contributed by atoms with E-state index < -0.39 is 10.0 Å². The highest BCUT2D eigenvalue weighted by Crippen LogP contribution is 2.27. The maximum Gasteiger partial charge on any atom is 0.260 e. The Kier molecular flexibility index (Phi) is 6.96. The molecule has 30 heavy (non-hydrogen) atoms. The predicted octanol–water partition coefficient (Wildman–Crippen LogP) is 2.07. The van der Waals surface area contributed by atoms with E-state index in [1.165, 1.54) is 41.7 Å². The molecule has 0 N–H and O–H groups in total. The second-order valence-corrected chi connectivity index (χ2v) is 8.93. The summed E-state index contributed by atoms with van der Waals surface area (Å²) in [6, 6.07) is 10.6. The summed E-state index contributed by atoms with van der Waals surface area (Å²) >= 11 is 5.82. The number of sulfonamides is 1. The van der Waals surface area contributed by atoms with Gasteiger partial charge >= 0.3 is 0 Å². The Morgan fingerprint density at radius 1 is 1.07 bits per heavy atom. The summed E-state index contributed by atoms with van der Waals surface area (Å²) in [4.78, 5) is 25.1. The smallest absolute Gasteiger partial charge is 0.260 e. The summed E-state index contributed by atoms with van der Waals surface area (Å²) in [6.07, 6.45) is 0.675. The molecule has 2 aromatic rings. The van der Waals surface area contributed by atoms with E-state index in [2.05, 4.69) is 0 Å². The number of carbonyl (C=O) groups excluding carboxylic acids is 2. The summed E-state index contributed by atoms with van der Waals surface area (Å²) in [5.74, 6) is 0.420. The Balaban J connectivity index is 1.58. The number of nitrogens with zero attached hydrogens (tertiary/aromatic N) is 2. The molecule has 1 fully saturated rings. The van der Waals surface area contributed by atoms with Crippen molar-refractivity contribution in [2.75, 3.05) is 39.9 Å². The van der Waals surface area contributed by atoms with Gasteiger partial charge in [-0.1, -0.05) is 11.6 Å². The monoisotopic (exact) mass is 452 g/mol. The van der Waals surface area contributed by atoms with Crippen LogP contribution in [0.1, 0.15) is 10.4 Å². The molecular weight excluding hydrogens is 432 g/mol. The van der Waals surface area contributed by atoms with Crippen LogP contribution in [0.5, 0.6) is 11.5 Å². The number of hydrogen-bond donors (Lipinski definition) is 0. The van der Waals surface area contributed by atoms with Crippen LogP contribution in [0.3, 0.4) is 0 Å². The van der Waals surface area contributed by atoms with Crippen LogP contribution in [0.2, 0.25) is 5.02 Å². The molecule has 1 aliphatic heterocycles. The molecular formula is C20H21ClN2O6S. The fourth-order valence-corrected chi connectivity index (χ4v) is 4.59. The highest BCUT2D eigenvalue weighted by molar-refractivity contribution is 7.89. The first-order chi connectivity index (χ1) is 14.3. The molecule has 2 aromatic carbocycles. The third kappa shape index (κ3) is 4.92. The Hall–Kier alpha value is -2.62. The predicted molar refractivity (Wildman–Crippen MR) is 111 cm³/mol. The molecule has 0 bridgehead atoms. The number of aldehydes is 1. The fraction of sp³-hybridized carbons (Fsp3) is 0.300. The molecule has 0 atom stereocenters. The Morgan fingerprint density at radius 3 is 2.33 bits per heavy atom. The van der Waals surface area contributed by atoms with Crippen molar-refractivity contribution in [1.29, 1.82) is 0 Å². The Morgan fingerprint density at radius 2 is 1.73 bits per heavy atom. The molecule has 0 aliphatic carbocycles. The van der Waals surface area contributed by atoms with Crippen LogP contribution in [0, 0.1) is 0 Å². The zero-order valence-electron chi connectivity index (χ0n) is 16.3. The normalized spacial score (nSPS) is 14.9. The first-order valence-electron chi connectivity index (χ1n) is 9.14. The minimum Gasteiger partial charge on any atom is -0.493 e. The number of amides is 1. The van der Waals surface area contributed by atoms with Crippen molar-refractivity contribution in [1.82, 2.24) is 9.21 Å². The number of methoxy groups -OCH3 is 1. The third-order valence-corrected chi connectivity index (χ3v) is 6.88. The molecule has 160 valence electrons. The molecule has 8 nitrogen and oxygen atoms in total. The number of piperazine rings is 1. The van der Waals surface area contributed by atoms with Gasteiger partial charge in [0.05, 0.1) is 12.0 Å². The van der Waals surface area contributed by atoms with E-state index in [0.717, 1.165) is 0 Å². The van der Waals surface area contributed by atoms with Crippen LogP contribution >= 0.6 is 11.6 Å². The van der Waals surface area contributed by atoms with E-state index >= 15 is 0 Å². The molecule has 1 heterocycles. The van der Waals surface area contributed by atoms with Crippen LogP contribution in [-0.2, 0) is 14.8 Å². The van der Waals surface area contributed by atoms with E-state index in [1.807, 2.05) is 0 Å². The van der Waals surface area contributed by atoms with Crippen LogP contribution < -0.4 is 9.47 Å². The van der Waals surface area contributed by atoms with Gasteiger partial charge in [-0.05, 0) is 42.5 Å². The summed E-state index contributed by atoms with van der Waals surface area (Å²) < 4.78 is 37.5. The average molecular weight is 453 g/mol. The molecule has 10 heteroatoms. The van der Waals surface area contributed by atoms with Gasteiger partial charge < -0.3 is 14.4 Å². The van der Waals surface area contributed by atoms with Crippen molar-refractivity contribution in [3.8, 4) is 11.5 Å². The SMILES string of the molecule is COc1ccc(C=O)cc1OCC(=O)N1CCN(S(=O)(=O)c2ccc(Cl)cc2)CC1. The van der Waals surface area contributed by atoms with Gasteiger partial charge in [-0.2, -0.15) is 4.31 Å². The Bertz CT molecular complexity index is 1020. The number of ether oxygens (including phenoxy) is 2. The van der Waals surface area contributed by atoms with Crippen molar-refractivity contribution < 1.29 is 27.5 Å². The summed E-state index contributed by atoms with van der Waals surface area (Å²) in [6.45, 7) is 0.616. The molecule has 1 amide bonds. The highest BCUT2D eigenvalue weighted by Gasteiger charge is 2.30. The molecule has 0 unspecified atom stereocenters. The molecule has 3 rings (SSSR count). The topological polar surface area (TPSA) is 93.2 Å². The van der Waals surface area contributed by atoms with Gasteiger partial charge in [0, 0.05) is 36.8 Å². The molecule has 1 aliphatic rings.